The molecule has 0 N–H and O–H groups in total. The largest absolute Gasteiger partial charge is 0.494 e. The summed E-state index contributed by atoms with van der Waals surface area (Å²) in [5, 5.41) is 9.43. The Morgan fingerprint density at radius 1 is 1.11 bits per heavy atom. The van der Waals surface area contributed by atoms with Gasteiger partial charge in [-0.2, -0.15) is 5.26 Å². The predicted octanol–water partition coefficient (Wildman–Crippen LogP) is 4.50. The number of hydrogen-bond acceptors (Lipinski definition) is 5. The zero-order valence-electron chi connectivity index (χ0n) is 15.2. The van der Waals surface area contributed by atoms with Crippen LogP contribution in [0.15, 0.2) is 42.5 Å². The van der Waals surface area contributed by atoms with E-state index in [2.05, 4.69) is 0 Å². The molecule has 2 aromatic rings. The van der Waals surface area contributed by atoms with Gasteiger partial charge < -0.3 is 14.4 Å². The Labute approximate surface area is 173 Å². The highest BCUT2D eigenvalue weighted by Gasteiger charge is 2.19. The summed E-state index contributed by atoms with van der Waals surface area (Å²) in [4.78, 5) is 26.1. The molecule has 0 saturated heterocycles. The molecule has 2 aromatic carbocycles. The smallest absolute Gasteiger partial charge is 0.338 e. The molecule has 0 bridgehead atoms. The van der Waals surface area contributed by atoms with Crippen LogP contribution in [0.3, 0.4) is 0 Å². The molecule has 0 fully saturated rings. The van der Waals surface area contributed by atoms with Crippen molar-refractivity contribution in [3.8, 4) is 11.8 Å². The lowest BCUT2D eigenvalue weighted by Crippen LogP contribution is -2.35. The fourth-order valence-electron chi connectivity index (χ4n) is 2.41. The normalized spacial score (nSPS) is 10.1. The number of rotatable bonds is 8. The van der Waals surface area contributed by atoms with Gasteiger partial charge >= 0.3 is 5.97 Å². The SMILES string of the molecule is CCOc1ccc(N(CCC#N)C(=O)COC(=O)c2cc(Cl)cc(Cl)c2)cc1. The first kappa shape index (κ1) is 21.5. The lowest BCUT2D eigenvalue weighted by molar-refractivity contribution is -0.121. The number of nitriles is 1. The minimum absolute atomic E-state index is 0.136. The van der Waals surface area contributed by atoms with Gasteiger partial charge in [-0.1, -0.05) is 23.2 Å². The van der Waals surface area contributed by atoms with E-state index in [1.807, 2.05) is 13.0 Å². The second-order valence-electron chi connectivity index (χ2n) is 5.61. The molecule has 0 aliphatic heterocycles. The molecule has 0 aliphatic rings. The number of nitrogens with zero attached hydrogens (tertiary/aromatic N) is 2. The number of halogens is 2. The van der Waals surface area contributed by atoms with E-state index in [9.17, 15) is 9.59 Å². The van der Waals surface area contributed by atoms with Gasteiger partial charge in [-0.25, -0.2) is 4.79 Å². The molecule has 0 heterocycles. The van der Waals surface area contributed by atoms with Gasteiger partial charge in [-0.05, 0) is 49.4 Å². The molecular formula is C20H18Cl2N2O4. The molecule has 0 aromatic heterocycles. The van der Waals surface area contributed by atoms with Gasteiger partial charge in [-0.15, -0.1) is 0 Å². The Kier molecular flexibility index (Phi) is 8.12. The summed E-state index contributed by atoms with van der Waals surface area (Å²) in [6, 6.07) is 13.2. The van der Waals surface area contributed by atoms with E-state index in [1.54, 1.807) is 24.3 Å². The van der Waals surface area contributed by atoms with E-state index in [0.29, 0.717) is 18.0 Å². The topological polar surface area (TPSA) is 79.6 Å². The van der Waals surface area contributed by atoms with Crippen LogP contribution in [-0.4, -0.2) is 31.6 Å². The lowest BCUT2D eigenvalue weighted by Gasteiger charge is -2.22. The number of amides is 1. The van der Waals surface area contributed by atoms with Crippen LogP contribution in [0.1, 0.15) is 23.7 Å². The Balaban J connectivity index is 2.07. The number of ether oxygens (including phenoxy) is 2. The van der Waals surface area contributed by atoms with Crippen molar-refractivity contribution in [1.82, 2.24) is 0 Å². The minimum Gasteiger partial charge on any atom is -0.494 e. The molecule has 146 valence electrons. The molecule has 0 radical (unpaired) electrons. The average molecular weight is 421 g/mol. The van der Waals surface area contributed by atoms with E-state index in [0.717, 1.165) is 0 Å². The molecule has 0 saturated carbocycles. The molecule has 0 aliphatic carbocycles. The van der Waals surface area contributed by atoms with Gasteiger partial charge in [0.25, 0.3) is 5.91 Å². The molecule has 0 spiro atoms. The third-order valence-electron chi connectivity index (χ3n) is 3.63. The minimum atomic E-state index is -0.718. The number of carbonyl (C=O) groups is 2. The van der Waals surface area contributed by atoms with Crippen LogP contribution in [0, 0.1) is 11.3 Å². The molecule has 0 unspecified atom stereocenters. The van der Waals surface area contributed by atoms with E-state index < -0.39 is 18.5 Å². The second-order valence-corrected chi connectivity index (χ2v) is 6.49. The molecule has 0 atom stereocenters. The van der Waals surface area contributed by atoms with E-state index in [-0.39, 0.29) is 28.6 Å². The van der Waals surface area contributed by atoms with Crippen molar-refractivity contribution >= 4 is 40.8 Å². The maximum Gasteiger partial charge on any atom is 0.338 e. The summed E-state index contributed by atoms with van der Waals surface area (Å²) in [7, 11) is 0. The van der Waals surface area contributed by atoms with E-state index >= 15 is 0 Å². The summed E-state index contributed by atoms with van der Waals surface area (Å²) in [5.74, 6) is -0.506. The molecule has 6 nitrogen and oxygen atoms in total. The Morgan fingerprint density at radius 3 is 2.32 bits per heavy atom. The maximum atomic E-state index is 12.6. The Hall–Kier alpha value is -2.75. The van der Waals surface area contributed by atoms with Crippen LogP contribution in [-0.2, 0) is 9.53 Å². The zero-order chi connectivity index (χ0) is 20.5. The highest BCUT2D eigenvalue weighted by Crippen LogP contribution is 2.21. The second kappa shape index (κ2) is 10.5. The van der Waals surface area contributed by atoms with Crippen LogP contribution in [0.4, 0.5) is 5.69 Å². The summed E-state index contributed by atoms with van der Waals surface area (Å²) in [6.07, 6.45) is 0.136. The number of hydrogen-bond donors (Lipinski definition) is 0. The first-order chi connectivity index (χ1) is 13.4. The number of esters is 1. The third-order valence-corrected chi connectivity index (χ3v) is 4.07. The first-order valence-corrected chi connectivity index (χ1v) is 9.23. The summed E-state index contributed by atoms with van der Waals surface area (Å²) in [5.41, 5.74) is 0.723. The van der Waals surface area contributed by atoms with Crippen LogP contribution >= 0.6 is 23.2 Å². The van der Waals surface area contributed by atoms with Crippen molar-refractivity contribution in [2.75, 3.05) is 24.7 Å². The van der Waals surface area contributed by atoms with Crippen LogP contribution in [0.25, 0.3) is 0 Å². The number of benzene rings is 2. The molecule has 1 amide bonds. The van der Waals surface area contributed by atoms with Gasteiger partial charge in [0.15, 0.2) is 6.61 Å². The van der Waals surface area contributed by atoms with Crippen molar-refractivity contribution < 1.29 is 19.1 Å². The standard InChI is InChI=1S/C20H18Cl2N2O4/c1-2-27-18-6-4-17(5-7-18)24(9-3-8-23)19(25)13-28-20(26)14-10-15(21)12-16(22)11-14/h4-7,10-12H,2-3,9,13H2,1H3. The summed E-state index contributed by atoms with van der Waals surface area (Å²) >= 11 is 11.7. The van der Waals surface area contributed by atoms with E-state index in [4.69, 9.17) is 37.9 Å². The molecular weight excluding hydrogens is 403 g/mol. The van der Waals surface area contributed by atoms with Gasteiger partial charge in [0, 0.05) is 22.3 Å². The monoisotopic (exact) mass is 420 g/mol. The lowest BCUT2D eigenvalue weighted by atomic mass is 10.2. The van der Waals surface area contributed by atoms with Crippen LogP contribution in [0.5, 0.6) is 5.75 Å². The van der Waals surface area contributed by atoms with Gasteiger partial charge in [0.1, 0.15) is 5.75 Å². The highest BCUT2D eigenvalue weighted by atomic mass is 35.5. The van der Waals surface area contributed by atoms with Crippen molar-refractivity contribution in [3.63, 3.8) is 0 Å². The maximum absolute atomic E-state index is 12.6. The van der Waals surface area contributed by atoms with Gasteiger partial charge in [-0.3, -0.25) is 4.79 Å². The first-order valence-electron chi connectivity index (χ1n) is 8.48. The molecule has 2 rings (SSSR count). The summed E-state index contributed by atoms with van der Waals surface area (Å²) < 4.78 is 10.5. The van der Waals surface area contributed by atoms with E-state index in [1.165, 1.54) is 23.1 Å². The Bertz CT molecular complexity index is 859. The average Bonchev–Trinajstić information content (AvgIpc) is 2.67. The highest BCUT2D eigenvalue weighted by molar-refractivity contribution is 6.35. The van der Waals surface area contributed by atoms with Crippen molar-refractivity contribution in [2.24, 2.45) is 0 Å². The molecule has 28 heavy (non-hydrogen) atoms. The van der Waals surface area contributed by atoms with Crippen molar-refractivity contribution in [2.45, 2.75) is 13.3 Å². The number of carbonyl (C=O) groups excluding carboxylic acids is 2. The third kappa shape index (κ3) is 6.15. The predicted molar refractivity (Wildman–Crippen MR) is 107 cm³/mol. The Morgan fingerprint density at radius 2 is 1.75 bits per heavy atom. The van der Waals surface area contributed by atoms with Gasteiger partial charge in [0.2, 0.25) is 0 Å². The fraction of sp³-hybridized carbons (Fsp3) is 0.250. The summed E-state index contributed by atoms with van der Waals surface area (Å²) in [6.45, 7) is 2.09. The zero-order valence-corrected chi connectivity index (χ0v) is 16.7. The van der Waals surface area contributed by atoms with Gasteiger partial charge in [0.05, 0.1) is 24.7 Å². The van der Waals surface area contributed by atoms with Crippen LogP contribution < -0.4 is 9.64 Å². The van der Waals surface area contributed by atoms with Crippen molar-refractivity contribution in [1.29, 1.82) is 5.26 Å². The quantitative estimate of drug-likeness (QED) is 0.587. The number of anilines is 1. The molecule has 8 heteroatoms. The van der Waals surface area contributed by atoms with Crippen LogP contribution in [0.2, 0.25) is 10.0 Å². The fourth-order valence-corrected chi connectivity index (χ4v) is 2.93. The van der Waals surface area contributed by atoms with Crippen molar-refractivity contribution in [3.05, 3.63) is 58.1 Å².